The third kappa shape index (κ3) is 4.24. The Bertz CT molecular complexity index is 711. The number of hydrogen-bond donors (Lipinski definition) is 1. The smallest absolute Gasteiger partial charge is 0.258 e. The number of pyridine rings is 1. The van der Waals surface area contributed by atoms with Crippen LogP contribution in [0.5, 0.6) is 0 Å². The minimum absolute atomic E-state index is 0.00965. The van der Waals surface area contributed by atoms with Crippen LogP contribution in [0, 0.1) is 17.0 Å². The van der Waals surface area contributed by atoms with E-state index in [0.717, 1.165) is 5.69 Å². The molecule has 2 N–H and O–H groups in total. The van der Waals surface area contributed by atoms with Crippen LogP contribution < -0.4 is 10.3 Å². The van der Waals surface area contributed by atoms with Crippen LogP contribution in [0.25, 0.3) is 6.08 Å². The van der Waals surface area contributed by atoms with Gasteiger partial charge in [-0.25, -0.2) is 15.1 Å². The number of rotatable bonds is 4. The number of aromatic amines is 1. The zero-order valence-corrected chi connectivity index (χ0v) is 11.4. The second kappa shape index (κ2) is 6.42. The number of H-pyrrole nitrogens is 1. The number of nitro benzene ring substituents is 1. The van der Waals surface area contributed by atoms with Crippen LogP contribution >= 0.6 is 0 Å². The van der Waals surface area contributed by atoms with Crippen molar-refractivity contribution in [2.75, 3.05) is 5.32 Å². The second-order valence-corrected chi connectivity index (χ2v) is 4.42. The van der Waals surface area contributed by atoms with Gasteiger partial charge in [-0.1, -0.05) is 18.2 Å². The molecule has 0 spiro atoms. The molecule has 0 bridgehead atoms. The van der Waals surface area contributed by atoms with Gasteiger partial charge in [0, 0.05) is 24.3 Å². The van der Waals surface area contributed by atoms with Crippen LogP contribution in [-0.4, -0.2) is 10.8 Å². The van der Waals surface area contributed by atoms with Crippen molar-refractivity contribution in [1.82, 2.24) is 0 Å². The first kappa shape index (κ1) is 14.4. The van der Waals surface area contributed by atoms with Crippen molar-refractivity contribution in [1.29, 1.82) is 0 Å². The van der Waals surface area contributed by atoms with Gasteiger partial charge in [0.05, 0.1) is 10.6 Å². The molecule has 2 rings (SSSR count). The van der Waals surface area contributed by atoms with E-state index in [4.69, 9.17) is 0 Å². The summed E-state index contributed by atoms with van der Waals surface area (Å²) in [5.74, 6) is 0.270. The number of amides is 1. The van der Waals surface area contributed by atoms with Crippen LogP contribution in [0.1, 0.15) is 11.3 Å². The molecule has 6 nitrogen and oxygen atoms in total. The van der Waals surface area contributed by atoms with Gasteiger partial charge >= 0.3 is 5.91 Å². The van der Waals surface area contributed by atoms with Crippen LogP contribution in [0.4, 0.5) is 11.5 Å². The van der Waals surface area contributed by atoms with Crippen molar-refractivity contribution in [2.24, 2.45) is 0 Å². The molecule has 0 saturated heterocycles. The molecular formula is C15H14N3O3+. The summed E-state index contributed by atoms with van der Waals surface area (Å²) in [5, 5.41) is 13.3. The fourth-order valence-electron chi connectivity index (χ4n) is 1.75. The molecule has 2 aromatic rings. The Morgan fingerprint density at radius 1 is 1.29 bits per heavy atom. The standard InChI is InChI=1S/C15H13N3O3/c1-11-4-2-7-14(16-11)17-15(19)9-8-12-5-3-6-13(10-12)18(20)21/h2-10H,1H3,(H,16,17,19)/p+1. The van der Waals surface area contributed by atoms with Crippen LogP contribution in [0.3, 0.4) is 0 Å². The van der Waals surface area contributed by atoms with E-state index in [2.05, 4.69) is 10.3 Å². The molecule has 1 amide bonds. The Kier molecular flexibility index (Phi) is 4.40. The summed E-state index contributed by atoms with van der Waals surface area (Å²) in [5.41, 5.74) is 1.51. The Balaban J connectivity index is 2.05. The largest absolute Gasteiger partial charge is 0.331 e. The number of carbonyl (C=O) groups excluding carboxylic acids is 1. The number of aromatic nitrogens is 1. The van der Waals surface area contributed by atoms with E-state index in [1.54, 1.807) is 18.2 Å². The van der Waals surface area contributed by atoms with Gasteiger partial charge in [0.2, 0.25) is 0 Å². The van der Waals surface area contributed by atoms with Crippen molar-refractivity contribution in [2.45, 2.75) is 6.92 Å². The van der Waals surface area contributed by atoms with Gasteiger partial charge in [0.1, 0.15) is 0 Å². The fourth-order valence-corrected chi connectivity index (χ4v) is 1.75. The Morgan fingerprint density at radius 2 is 2.05 bits per heavy atom. The molecule has 0 aliphatic rings. The quantitative estimate of drug-likeness (QED) is 0.531. The highest BCUT2D eigenvalue weighted by molar-refractivity contribution is 6.00. The van der Waals surface area contributed by atoms with Gasteiger partial charge in [-0.3, -0.25) is 10.1 Å². The molecule has 0 radical (unpaired) electrons. The number of nitro groups is 1. The molecule has 1 aromatic heterocycles. The minimum atomic E-state index is -0.473. The molecule has 0 fully saturated rings. The molecule has 0 aliphatic heterocycles. The van der Waals surface area contributed by atoms with E-state index >= 15 is 0 Å². The van der Waals surface area contributed by atoms with E-state index in [1.807, 2.05) is 19.1 Å². The lowest BCUT2D eigenvalue weighted by molar-refractivity contribution is -0.384. The predicted molar refractivity (Wildman–Crippen MR) is 78.5 cm³/mol. The zero-order chi connectivity index (χ0) is 15.2. The first-order chi connectivity index (χ1) is 10.0. The summed E-state index contributed by atoms with van der Waals surface area (Å²) in [6, 6.07) is 11.5. The van der Waals surface area contributed by atoms with Crippen molar-refractivity contribution < 1.29 is 14.7 Å². The summed E-state index contributed by atoms with van der Waals surface area (Å²) < 4.78 is 0. The third-order valence-corrected chi connectivity index (χ3v) is 2.71. The van der Waals surface area contributed by atoms with Gasteiger partial charge in [-0.2, -0.15) is 0 Å². The predicted octanol–water partition coefficient (Wildman–Crippen LogP) is 2.37. The molecular weight excluding hydrogens is 270 g/mol. The van der Waals surface area contributed by atoms with E-state index < -0.39 is 4.92 Å². The van der Waals surface area contributed by atoms with Crippen molar-refractivity contribution in [3.63, 3.8) is 0 Å². The number of nitrogens with one attached hydrogen (secondary N) is 2. The van der Waals surface area contributed by atoms with E-state index in [0.29, 0.717) is 11.4 Å². The number of hydrogen-bond acceptors (Lipinski definition) is 3. The first-order valence-electron chi connectivity index (χ1n) is 6.27. The number of anilines is 1. The lowest BCUT2D eigenvalue weighted by Gasteiger charge is -1.95. The average molecular weight is 284 g/mol. The average Bonchev–Trinajstić information content (AvgIpc) is 2.45. The highest BCUT2D eigenvalue weighted by atomic mass is 16.6. The summed E-state index contributed by atoms with van der Waals surface area (Å²) in [6.07, 6.45) is 2.85. The van der Waals surface area contributed by atoms with Gasteiger partial charge in [-0.05, 0) is 24.6 Å². The maximum absolute atomic E-state index is 11.8. The van der Waals surface area contributed by atoms with E-state index in [1.165, 1.54) is 24.3 Å². The Morgan fingerprint density at radius 3 is 2.76 bits per heavy atom. The van der Waals surface area contributed by atoms with Gasteiger partial charge in [0.15, 0.2) is 0 Å². The van der Waals surface area contributed by atoms with Crippen molar-refractivity contribution in [3.05, 3.63) is 69.9 Å². The summed E-state index contributed by atoms with van der Waals surface area (Å²) in [7, 11) is 0. The number of nitrogens with zero attached hydrogens (tertiary/aromatic N) is 1. The maximum atomic E-state index is 11.8. The van der Waals surface area contributed by atoms with E-state index in [9.17, 15) is 14.9 Å². The molecule has 0 aliphatic carbocycles. The summed E-state index contributed by atoms with van der Waals surface area (Å²) in [4.78, 5) is 25.0. The minimum Gasteiger partial charge on any atom is -0.258 e. The SMILES string of the molecule is Cc1cccc(NC(=O)C=Cc2cccc([N+](=O)[O-])c2)[nH+]1. The topological polar surface area (TPSA) is 86.4 Å². The molecule has 1 aromatic carbocycles. The molecule has 0 unspecified atom stereocenters. The Hall–Kier alpha value is -3.02. The molecule has 1 heterocycles. The highest BCUT2D eigenvalue weighted by Gasteiger charge is 2.07. The summed E-state index contributed by atoms with van der Waals surface area (Å²) in [6.45, 7) is 1.88. The maximum Gasteiger partial charge on any atom is 0.331 e. The summed E-state index contributed by atoms with van der Waals surface area (Å²) >= 11 is 0. The molecule has 6 heteroatoms. The van der Waals surface area contributed by atoms with Gasteiger partial charge in [0.25, 0.3) is 11.5 Å². The monoisotopic (exact) mass is 284 g/mol. The molecule has 21 heavy (non-hydrogen) atoms. The van der Waals surface area contributed by atoms with Crippen LogP contribution in [0.2, 0.25) is 0 Å². The lowest BCUT2D eigenvalue weighted by atomic mass is 10.2. The Labute approximate surface area is 121 Å². The number of carbonyl (C=O) groups is 1. The fraction of sp³-hybridized carbons (Fsp3) is 0.0667. The third-order valence-electron chi connectivity index (χ3n) is 2.71. The van der Waals surface area contributed by atoms with Gasteiger partial charge in [-0.15, -0.1) is 0 Å². The normalized spacial score (nSPS) is 10.5. The number of benzene rings is 1. The number of aryl methyl sites for hydroxylation is 1. The van der Waals surface area contributed by atoms with Crippen molar-refractivity contribution >= 4 is 23.5 Å². The first-order valence-corrected chi connectivity index (χ1v) is 6.27. The van der Waals surface area contributed by atoms with Gasteiger partial charge < -0.3 is 0 Å². The zero-order valence-electron chi connectivity index (χ0n) is 11.4. The van der Waals surface area contributed by atoms with Crippen LogP contribution in [0.15, 0.2) is 48.5 Å². The lowest BCUT2D eigenvalue weighted by Crippen LogP contribution is -2.19. The second-order valence-electron chi connectivity index (χ2n) is 4.42. The molecule has 0 saturated carbocycles. The van der Waals surface area contributed by atoms with Crippen LogP contribution in [-0.2, 0) is 4.79 Å². The van der Waals surface area contributed by atoms with Crippen molar-refractivity contribution in [3.8, 4) is 0 Å². The van der Waals surface area contributed by atoms with E-state index in [-0.39, 0.29) is 11.6 Å². The molecule has 0 atom stereocenters. The number of non-ortho nitro benzene ring substituents is 1. The molecule has 106 valence electrons. The highest BCUT2D eigenvalue weighted by Crippen LogP contribution is 2.14.